The molecule has 2 heteroatoms. The van der Waals surface area contributed by atoms with E-state index in [1.807, 2.05) is 18.2 Å². The molecule has 0 amide bonds. The topological polar surface area (TPSA) is 9.29 Å². The molecule has 0 saturated carbocycles. The average molecular weight is 621 g/mol. The first-order chi connectivity index (χ1) is 24.2. The van der Waals surface area contributed by atoms with Crippen molar-refractivity contribution in [1.29, 1.82) is 0 Å². The van der Waals surface area contributed by atoms with Gasteiger partial charge in [0.05, 0.1) is 17.6 Å². The Hall–Kier alpha value is -6.69. The molecule has 0 aliphatic rings. The lowest BCUT2D eigenvalue weighted by Gasteiger charge is -2.16. The minimum absolute atomic E-state index is 0.648. The van der Waals surface area contributed by atoms with Gasteiger partial charge in [0, 0.05) is 11.1 Å². The lowest BCUT2D eigenvalue weighted by molar-refractivity contribution is 1.18. The van der Waals surface area contributed by atoms with Gasteiger partial charge in [-0.25, -0.2) is 4.85 Å². The van der Waals surface area contributed by atoms with Crippen molar-refractivity contribution in [3.05, 3.63) is 181 Å². The van der Waals surface area contributed by atoms with Crippen molar-refractivity contribution in [2.75, 3.05) is 0 Å². The van der Waals surface area contributed by atoms with Gasteiger partial charge < -0.3 is 4.57 Å². The van der Waals surface area contributed by atoms with E-state index in [1.54, 1.807) is 0 Å². The molecule has 0 atom stereocenters. The largest absolute Gasteiger partial charge is 0.309 e. The first-order valence-electron chi connectivity index (χ1n) is 16.6. The third kappa shape index (κ3) is 4.20. The van der Waals surface area contributed by atoms with Gasteiger partial charge in [0.1, 0.15) is 0 Å². The lowest BCUT2D eigenvalue weighted by Crippen LogP contribution is -1.93. The molecule has 10 rings (SSSR count). The van der Waals surface area contributed by atoms with Gasteiger partial charge in [0.25, 0.3) is 0 Å². The molecule has 2 nitrogen and oxygen atoms in total. The Morgan fingerprint density at radius 3 is 1.57 bits per heavy atom. The highest BCUT2D eigenvalue weighted by atomic mass is 15.0. The van der Waals surface area contributed by atoms with E-state index in [4.69, 9.17) is 6.57 Å². The van der Waals surface area contributed by atoms with E-state index >= 15 is 0 Å². The molecule has 0 radical (unpaired) electrons. The van der Waals surface area contributed by atoms with Gasteiger partial charge in [-0.1, -0.05) is 115 Å². The zero-order valence-electron chi connectivity index (χ0n) is 26.6. The summed E-state index contributed by atoms with van der Waals surface area (Å²) in [5.74, 6) is 0. The quantitative estimate of drug-likeness (QED) is 0.137. The molecule has 9 aromatic carbocycles. The van der Waals surface area contributed by atoms with Crippen molar-refractivity contribution in [3.63, 3.8) is 0 Å². The number of rotatable bonds is 3. The fraction of sp³-hybridized carbons (Fsp3) is 0. The van der Waals surface area contributed by atoms with Gasteiger partial charge in [-0.05, 0) is 125 Å². The average Bonchev–Trinajstić information content (AvgIpc) is 3.50. The molecule has 226 valence electrons. The van der Waals surface area contributed by atoms with Crippen molar-refractivity contribution in [3.8, 4) is 27.9 Å². The summed E-state index contributed by atoms with van der Waals surface area (Å²) in [5, 5.41) is 12.2. The van der Waals surface area contributed by atoms with Crippen LogP contribution in [0, 0.1) is 6.57 Å². The third-order valence-corrected chi connectivity index (χ3v) is 10.1. The number of para-hydroxylation sites is 1. The zero-order valence-corrected chi connectivity index (χ0v) is 26.6. The van der Waals surface area contributed by atoms with Crippen LogP contribution in [0.25, 0.3) is 97.7 Å². The molecule has 0 unspecified atom stereocenters. The predicted molar refractivity (Wildman–Crippen MR) is 208 cm³/mol. The summed E-state index contributed by atoms with van der Waals surface area (Å²) >= 11 is 0. The van der Waals surface area contributed by atoms with Crippen molar-refractivity contribution < 1.29 is 0 Å². The van der Waals surface area contributed by atoms with Crippen LogP contribution in [-0.2, 0) is 0 Å². The van der Waals surface area contributed by atoms with Gasteiger partial charge >= 0.3 is 0 Å². The molecule has 0 aliphatic carbocycles. The summed E-state index contributed by atoms with van der Waals surface area (Å²) in [6.45, 7) is 7.73. The number of aromatic nitrogens is 1. The molecule has 0 bridgehead atoms. The maximum absolute atomic E-state index is 7.73. The summed E-state index contributed by atoms with van der Waals surface area (Å²) < 4.78 is 2.31. The van der Waals surface area contributed by atoms with Gasteiger partial charge in [-0.3, -0.25) is 0 Å². The maximum atomic E-state index is 7.73. The molecule has 0 N–H and O–H groups in total. The molecule has 0 saturated heterocycles. The van der Waals surface area contributed by atoms with Crippen molar-refractivity contribution in [2.45, 2.75) is 0 Å². The first kappa shape index (κ1) is 27.4. The van der Waals surface area contributed by atoms with Crippen LogP contribution < -0.4 is 0 Å². The number of nitrogens with zero attached hydrogens (tertiary/aromatic N) is 2. The Morgan fingerprint density at radius 1 is 0.367 bits per heavy atom. The predicted octanol–water partition coefficient (Wildman–Crippen LogP) is 13.3. The van der Waals surface area contributed by atoms with Crippen LogP contribution in [-0.4, -0.2) is 4.57 Å². The van der Waals surface area contributed by atoms with E-state index in [-0.39, 0.29) is 0 Å². The second-order valence-electron chi connectivity index (χ2n) is 12.8. The smallest absolute Gasteiger partial charge is 0.188 e. The monoisotopic (exact) mass is 620 g/mol. The van der Waals surface area contributed by atoms with Crippen LogP contribution in [0.3, 0.4) is 0 Å². The van der Waals surface area contributed by atoms with Crippen LogP contribution in [0.2, 0.25) is 0 Å². The van der Waals surface area contributed by atoms with Gasteiger partial charge in [0.15, 0.2) is 5.69 Å². The van der Waals surface area contributed by atoms with E-state index < -0.39 is 0 Å². The van der Waals surface area contributed by atoms with Gasteiger partial charge in [-0.2, -0.15) is 0 Å². The Bertz CT molecular complexity index is 3000. The van der Waals surface area contributed by atoms with E-state index in [9.17, 15) is 0 Å². The zero-order chi connectivity index (χ0) is 32.5. The molecule has 1 aromatic heterocycles. The molecular weight excluding hydrogens is 593 g/mol. The normalized spacial score (nSPS) is 11.7. The SMILES string of the molecule is [C-]#[N+]c1ccc2c(c1)c1cc(-c3cc4c5ccccc5c(-c5ccc6ccccc6c5)cc4c4ccccc34)ccc1n2-c1ccccc1. The van der Waals surface area contributed by atoms with Crippen molar-refractivity contribution >= 4 is 70.6 Å². The fourth-order valence-corrected chi connectivity index (χ4v) is 7.89. The number of hydrogen-bond acceptors (Lipinski definition) is 0. The van der Waals surface area contributed by atoms with Gasteiger partial charge in [-0.15, -0.1) is 0 Å². The molecular formula is C47H28N2. The van der Waals surface area contributed by atoms with Crippen LogP contribution in [0.4, 0.5) is 5.69 Å². The second kappa shape index (κ2) is 10.7. The standard InChI is InChI=1S/C47H28N2/c1-48-34-22-24-47-45(27-34)44-26-33(21-23-46(44)49(47)35-13-3-2-4-14-35)41-29-43-38-17-9-7-15-36(38)40(28-42(43)39-18-10-8-16-37(39)41)32-20-19-30-11-5-6-12-31(30)25-32/h2-29H. The van der Waals surface area contributed by atoms with Crippen molar-refractivity contribution in [2.24, 2.45) is 0 Å². The lowest BCUT2D eigenvalue weighted by atomic mass is 9.87. The summed E-state index contributed by atoms with van der Waals surface area (Å²) in [6.07, 6.45) is 0. The first-order valence-corrected chi connectivity index (χ1v) is 16.6. The Balaban J connectivity index is 1.26. The van der Waals surface area contributed by atoms with Crippen molar-refractivity contribution in [1.82, 2.24) is 4.57 Å². The highest BCUT2D eigenvalue weighted by Gasteiger charge is 2.17. The molecule has 1 heterocycles. The summed E-state index contributed by atoms with van der Waals surface area (Å²) in [6, 6.07) is 61.2. The number of hydrogen-bond donors (Lipinski definition) is 0. The highest BCUT2D eigenvalue weighted by molar-refractivity contribution is 6.24. The fourth-order valence-electron chi connectivity index (χ4n) is 7.89. The third-order valence-electron chi connectivity index (χ3n) is 10.1. The van der Waals surface area contributed by atoms with E-state index in [0.717, 1.165) is 33.1 Å². The van der Waals surface area contributed by atoms with Gasteiger partial charge in [0.2, 0.25) is 0 Å². The van der Waals surface area contributed by atoms with Crippen LogP contribution in [0.5, 0.6) is 0 Å². The molecule has 0 spiro atoms. The minimum Gasteiger partial charge on any atom is -0.309 e. The van der Waals surface area contributed by atoms with E-state index in [1.165, 1.54) is 59.8 Å². The minimum atomic E-state index is 0.648. The Kier molecular flexibility index (Phi) is 5.97. The van der Waals surface area contributed by atoms with Crippen LogP contribution in [0.15, 0.2) is 170 Å². The molecule has 0 aliphatic heterocycles. The second-order valence-corrected chi connectivity index (χ2v) is 12.8. The Labute approximate surface area is 283 Å². The van der Waals surface area contributed by atoms with E-state index in [0.29, 0.717) is 5.69 Å². The van der Waals surface area contributed by atoms with E-state index in [2.05, 4.69) is 161 Å². The number of benzene rings is 9. The highest BCUT2D eigenvalue weighted by Crippen LogP contribution is 2.43. The number of fused-ring (bicyclic) bond motifs is 9. The summed E-state index contributed by atoms with van der Waals surface area (Å²) in [7, 11) is 0. The van der Waals surface area contributed by atoms with Crippen LogP contribution >= 0.6 is 0 Å². The molecule has 49 heavy (non-hydrogen) atoms. The van der Waals surface area contributed by atoms with Crippen LogP contribution in [0.1, 0.15) is 0 Å². The summed E-state index contributed by atoms with van der Waals surface area (Å²) in [5.41, 5.74) is 8.82. The maximum Gasteiger partial charge on any atom is 0.188 e. The molecule has 0 fully saturated rings. The summed E-state index contributed by atoms with van der Waals surface area (Å²) in [4.78, 5) is 3.78. The Morgan fingerprint density at radius 2 is 0.898 bits per heavy atom. The molecule has 10 aromatic rings.